The summed E-state index contributed by atoms with van der Waals surface area (Å²) in [6, 6.07) is 0. The van der Waals surface area contributed by atoms with Crippen LogP contribution in [-0.2, 0) is 0 Å². The van der Waals surface area contributed by atoms with Gasteiger partial charge in [0.15, 0.2) is 0 Å². The Bertz CT molecular complexity index is 241. The summed E-state index contributed by atoms with van der Waals surface area (Å²) in [5, 5.41) is 0. The van der Waals surface area contributed by atoms with E-state index in [0.29, 0.717) is 0 Å². The Labute approximate surface area is 126 Å². The average Bonchev–Trinajstić information content (AvgIpc) is 3.29. The van der Waals surface area contributed by atoms with Crippen molar-refractivity contribution in [3.8, 4) is 0 Å². The van der Waals surface area contributed by atoms with E-state index in [1.54, 1.807) is 58.3 Å². The minimum atomic E-state index is -1.86. The van der Waals surface area contributed by atoms with Crippen LogP contribution in [-0.4, -0.2) is 18.4 Å². The Morgan fingerprint density at radius 2 is 1.21 bits per heavy atom. The van der Waals surface area contributed by atoms with Gasteiger partial charge in [0.25, 0.3) is 0 Å². The fraction of sp³-hybridized carbons (Fsp3) is 1.00. The fourth-order valence-electron chi connectivity index (χ4n) is 4.81. The summed E-state index contributed by atoms with van der Waals surface area (Å²) in [6.45, 7) is 7.23. The molecule has 0 spiro atoms. The second-order valence-electron chi connectivity index (χ2n) is 7.52. The van der Waals surface area contributed by atoms with Gasteiger partial charge in [-0.2, -0.15) is 0 Å². The number of rotatable bonds is 11. The first-order valence-electron chi connectivity index (χ1n) is 9.24. The summed E-state index contributed by atoms with van der Waals surface area (Å²) in [4.78, 5) is 0. The monoisotopic (exact) mass is 372 g/mol. The second kappa shape index (κ2) is 7.18. The zero-order chi connectivity index (χ0) is 13.8. The Hall–Kier alpha value is 0.799. The zero-order valence-electron chi connectivity index (χ0n) is 13.8. The Kier molecular flexibility index (Phi) is 6.11. The molecular formula is C18H36Sn. The van der Waals surface area contributed by atoms with Gasteiger partial charge in [0, 0.05) is 0 Å². The van der Waals surface area contributed by atoms with Crippen LogP contribution in [0.25, 0.3) is 0 Å². The van der Waals surface area contributed by atoms with Gasteiger partial charge < -0.3 is 0 Å². The van der Waals surface area contributed by atoms with Gasteiger partial charge in [0.1, 0.15) is 0 Å². The number of hydrogen-bond acceptors (Lipinski definition) is 0. The number of hydrogen-bond donors (Lipinski definition) is 0. The molecule has 2 aliphatic rings. The summed E-state index contributed by atoms with van der Waals surface area (Å²) in [7, 11) is 0. The van der Waals surface area contributed by atoms with E-state index < -0.39 is 18.4 Å². The first-order chi connectivity index (χ1) is 9.24. The third-order valence-electron chi connectivity index (χ3n) is 6.23. The molecule has 0 unspecified atom stereocenters. The van der Waals surface area contributed by atoms with E-state index >= 15 is 0 Å². The molecule has 2 saturated carbocycles. The molecule has 0 heterocycles. The minimum absolute atomic E-state index is 1.04. The summed E-state index contributed by atoms with van der Waals surface area (Å²) in [5.41, 5.74) is 0. The third-order valence-corrected chi connectivity index (χ3v) is 26.1. The van der Waals surface area contributed by atoms with Crippen LogP contribution in [0.5, 0.6) is 0 Å². The van der Waals surface area contributed by atoms with Crippen molar-refractivity contribution < 1.29 is 0 Å². The van der Waals surface area contributed by atoms with Crippen molar-refractivity contribution in [2.75, 3.05) is 0 Å². The van der Waals surface area contributed by atoms with Crippen molar-refractivity contribution in [3.63, 3.8) is 0 Å². The average molecular weight is 371 g/mol. The van der Waals surface area contributed by atoms with Crippen molar-refractivity contribution in [2.24, 2.45) is 5.92 Å². The van der Waals surface area contributed by atoms with Gasteiger partial charge in [-0.05, 0) is 0 Å². The van der Waals surface area contributed by atoms with Gasteiger partial charge in [0.05, 0.1) is 0 Å². The Morgan fingerprint density at radius 1 is 0.789 bits per heavy atom. The molecule has 0 N–H and O–H groups in total. The van der Waals surface area contributed by atoms with E-state index in [1.165, 1.54) is 25.2 Å². The SMILES string of the molecule is CCC[CH2][Sn]([CH2]CCC)([CH2]CCC)[C]1(C2CC2)CC1. The first kappa shape index (κ1) is 16.2. The molecule has 0 aliphatic heterocycles. The van der Waals surface area contributed by atoms with E-state index in [4.69, 9.17) is 0 Å². The summed E-state index contributed by atoms with van der Waals surface area (Å²) in [6.07, 6.45) is 15.6. The van der Waals surface area contributed by atoms with E-state index in [0.717, 1.165) is 3.43 Å². The molecule has 2 aliphatic carbocycles. The Balaban J connectivity index is 2.11. The van der Waals surface area contributed by atoms with Gasteiger partial charge in [-0.25, -0.2) is 0 Å². The fourth-order valence-corrected chi connectivity index (χ4v) is 26.7. The van der Waals surface area contributed by atoms with Crippen LogP contribution in [0, 0.1) is 5.92 Å². The van der Waals surface area contributed by atoms with Crippen LogP contribution in [0.1, 0.15) is 85.0 Å². The van der Waals surface area contributed by atoms with Crippen LogP contribution < -0.4 is 0 Å². The van der Waals surface area contributed by atoms with Crippen LogP contribution in [0.4, 0.5) is 0 Å². The molecule has 0 aromatic carbocycles. The van der Waals surface area contributed by atoms with E-state index in [-0.39, 0.29) is 0 Å². The molecule has 0 aromatic heterocycles. The summed E-state index contributed by atoms with van der Waals surface area (Å²) < 4.78 is 6.29. The molecular weight excluding hydrogens is 335 g/mol. The normalized spacial score (nSPS) is 21.6. The molecule has 0 amide bonds. The van der Waals surface area contributed by atoms with Crippen molar-refractivity contribution in [1.82, 2.24) is 0 Å². The van der Waals surface area contributed by atoms with Crippen LogP contribution in [0.15, 0.2) is 0 Å². The molecule has 112 valence electrons. The molecule has 0 atom stereocenters. The van der Waals surface area contributed by atoms with Crippen LogP contribution in [0.3, 0.4) is 0 Å². The van der Waals surface area contributed by atoms with Crippen LogP contribution >= 0.6 is 0 Å². The van der Waals surface area contributed by atoms with Crippen molar-refractivity contribution in [2.45, 2.75) is 102 Å². The van der Waals surface area contributed by atoms with Gasteiger partial charge >= 0.3 is 126 Å². The van der Waals surface area contributed by atoms with Crippen LogP contribution in [0.2, 0.25) is 16.7 Å². The van der Waals surface area contributed by atoms with Crippen molar-refractivity contribution in [1.29, 1.82) is 0 Å². The predicted molar refractivity (Wildman–Crippen MR) is 89.6 cm³/mol. The molecule has 0 bridgehead atoms. The van der Waals surface area contributed by atoms with Gasteiger partial charge in [-0.15, -0.1) is 0 Å². The quantitative estimate of drug-likeness (QED) is 0.351. The van der Waals surface area contributed by atoms with E-state index in [9.17, 15) is 0 Å². The first-order valence-corrected chi connectivity index (χ1v) is 16.7. The molecule has 2 rings (SSSR count). The zero-order valence-corrected chi connectivity index (χ0v) is 16.6. The molecule has 19 heavy (non-hydrogen) atoms. The van der Waals surface area contributed by atoms with Gasteiger partial charge in [-0.3, -0.25) is 0 Å². The molecule has 0 radical (unpaired) electrons. The number of unbranched alkanes of at least 4 members (excludes halogenated alkanes) is 3. The standard InChI is InChI=1S/C6H9.3C4H9.Sn/c1-2-5(1)6-3-4-6;3*1-3-4-2;/h5H,1-4H2;3*1,3-4H2,2H3;. The van der Waals surface area contributed by atoms with Crippen molar-refractivity contribution in [3.05, 3.63) is 0 Å². The molecule has 0 saturated heterocycles. The second-order valence-corrected chi connectivity index (χ2v) is 22.0. The summed E-state index contributed by atoms with van der Waals surface area (Å²) in [5.74, 6) is 1.23. The molecule has 2 fully saturated rings. The van der Waals surface area contributed by atoms with E-state index in [2.05, 4.69) is 20.8 Å². The van der Waals surface area contributed by atoms with Crippen molar-refractivity contribution >= 4 is 18.4 Å². The Morgan fingerprint density at radius 3 is 1.47 bits per heavy atom. The van der Waals surface area contributed by atoms with Gasteiger partial charge in [0.2, 0.25) is 0 Å². The molecule has 1 heteroatoms. The topological polar surface area (TPSA) is 0 Å². The molecule has 0 nitrogen and oxygen atoms in total. The van der Waals surface area contributed by atoms with E-state index in [1.807, 2.05) is 0 Å². The third kappa shape index (κ3) is 3.52. The molecule has 0 aromatic rings. The summed E-state index contributed by atoms with van der Waals surface area (Å²) >= 11 is -1.86. The maximum atomic E-state index is 2.41. The maximum absolute atomic E-state index is 2.41. The van der Waals surface area contributed by atoms with Gasteiger partial charge in [-0.1, -0.05) is 0 Å². The predicted octanol–water partition coefficient (Wildman–Crippen LogP) is 6.78.